The Balaban J connectivity index is 0.000000248. The average molecular weight is 507 g/mol. The number of carbonyl (C=O) groups excluding carboxylic acids is 2. The van der Waals surface area contributed by atoms with E-state index in [9.17, 15) is 18.0 Å². The number of carbonyl (C=O) groups is 2. The highest BCUT2D eigenvalue weighted by atomic mass is 32.2. The number of thioether (sulfide) groups is 1. The summed E-state index contributed by atoms with van der Waals surface area (Å²) >= 11 is 1.53. The second-order valence-electron chi connectivity index (χ2n) is 7.78. The SMILES string of the molecule is C=C1CS[C@H]2C(N)C(=O)N2C1C(=O)OCc1ccc(OC)cc1.Cc1ccc(S(=O)(=O)O)cc1. The van der Waals surface area contributed by atoms with E-state index in [1.165, 1.54) is 28.8 Å². The highest BCUT2D eigenvalue weighted by Crippen LogP contribution is 2.39. The van der Waals surface area contributed by atoms with E-state index in [2.05, 4.69) is 6.58 Å². The van der Waals surface area contributed by atoms with Crippen molar-refractivity contribution >= 4 is 33.8 Å². The number of ether oxygens (including phenoxy) is 2. The van der Waals surface area contributed by atoms with Crippen molar-refractivity contribution in [3.05, 3.63) is 71.8 Å². The van der Waals surface area contributed by atoms with Crippen molar-refractivity contribution in [1.82, 2.24) is 4.90 Å². The molecule has 0 saturated carbocycles. The summed E-state index contributed by atoms with van der Waals surface area (Å²) in [6.07, 6.45) is 0. The van der Waals surface area contributed by atoms with Crippen LogP contribution in [-0.4, -0.2) is 60.1 Å². The second-order valence-corrected chi connectivity index (χ2v) is 10.3. The van der Waals surface area contributed by atoms with Gasteiger partial charge in [0, 0.05) is 5.75 Å². The van der Waals surface area contributed by atoms with Gasteiger partial charge in [0.2, 0.25) is 5.91 Å². The van der Waals surface area contributed by atoms with Crippen molar-refractivity contribution in [2.45, 2.75) is 35.9 Å². The van der Waals surface area contributed by atoms with Crippen LogP contribution < -0.4 is 10.5 Å². The van der Waals surface area contributed by atoms with Crippen molar-refractivity contribution in [3.8, 4) is 5.75 Å². The van der Waals surface area contributed by atoms with Crippen LogP contribution >= 0.6 is 11.8 Å². The van der Waals surface area contributed by atoms with Crippen LogP contribution in [0.2, 0.25) is 0 Å². The van der Waals surface area contributed by atoms with Crippen LogP contribution in [0.1, 0.15) is 11.1 Å². The normalized spacial score (nSPS) is 21.5. The molecule has 0 radical (unpaired) electrons. The largest absolute Gasteiger partial charge is 0.497 e. The molecule has 0 bridgehead atoms. The molecule has 0 spiro atoms. The number of β-lactam (4-membered cyclic amide) rings is 1. The van der Waals surface area contributed by atoms with Crippen molar-refractivity contribution in [2.75, 3.05) is 12.9 Å². The van der Waals surface area contributed by atoms with Gasteiger partial charge in [-0.25, -0.2) is 4.79 Å². The Morgan fingerprint density at radius 2 is 1.82 bits per heavy atom. The lowest BCUT2D eigenvalue weighted by Gasteiger charge is -2.51. The number of nitrogens with two attached hydrogens (primary N) is 1. The number of hydrogen-bond acceptors (Lipinski definition) is 8. The summed E-state index contributed by atoms with van der Waals surface area (Å²) in [5.41, 5.74) is 8.24. The number of nitrogens with zero attached hydrogens (tertiary/aromatic N) is 1. The van der Waals surface area contributed by atoms with Crippen LogP contribution in [0.3, 0.4) is 0 Å². The minimum atomic E-state index is -4.02. The molecule has 2 aliphatic rings. The molecule has 2 heterocycles. The quantitative estimate of drug-likeness (QED) is 0.270. The summed E-state index contributed by atoms with van der Waals surface area (Å²) in [6, 6.07) is 12.0. The first-order valence-electron chi connectivity index (χ1n) is 10.2. The van der Waals surface area contributed by atoms with E-state index < -0.39 is 28.2 Å². The molecule has 9 nitrogen and oxygen atoms in total. The summed E-state index contributed by atoms with van der Waals surface area (Å²) in [5.74, 6) is 0.650. The maximum Gasteiger partial charge on any atom is 0.333 e. The number of esters is 1. The lowest BCUT2D eigenvalue weighted by Crippen LogP contribution is -2.73. The summed E-state index contributed by atoms with van der Waals surface area (Å²) in [7, 11) is -2.43. The van der Waals surface area contributed by atoms with Crippen LogP contribution in [0, 0.1) is 6.92 Å². The molecule has 182 valence electrons. The van der Waals surface area contributed by atoms with Gasteiger partial charge in [0.1, 0.15) is 23.8 Å². The number of amides is 1. The summed E-state index contributed by atoms with van der Waals surface area (Å²) in [4.78, 5) is 25.7. The molecular weight excluding hydrogens is 480 g/mol. The minimum absolute atomic E-state index is 0.0666. The molecule has 2 aromatic rings. The van der Waals surface area contributed by atoms with E-state index in [-0.39, 0.29) is 22.8 Å². The van der Waals surface area contributed by atoms with Gasteiger partial charge >= 0.3 is 5.97 Å². The summed E-state index contributed by atoms with van der Waals surface area (Å²) < 4.78 is 40.0. The zero-order valence-electron chi connectivity index (χ0n) is 18.7. The molecule has 11 heteroatoms. The number of aryl methyl sites for hydroxylation is 1. The Labute approximate surface area is 202 Å². The second kappa shape index (κ2) is 10.6. The van der Waals surface area contributed by atoms with Gasteiger partial charge in [0.15, 0.2) is 6.04 Å². The number of methoxy groups -OCH3 is 1. The predicted octanol–water partition coefficient (Wildman–Crippen LogP) is 2.15. The number of hydrogen-bond donors (Lipinski definition) is 2. The highest BCUT2D eigenvalue weighted by Gasteiger charge is 2.54. The van der Waals surface area contributed by atoms with Crippen LogP contribution in [0.25, 0.3) is 0 Å². The zero-order chi connectivity index (χ0) is 25.0. The van der Waals surface area contributed by atoms with E-state index in [4.69, 9.17) is 19.8 Å². The Kier molecular flexibility index (Phi) is 8.03. The number of rotatable bonds is 5. The molecule has 2 unspecified atom stereocenters. The third kappa shape index (κ3) is 5.79. The van der Waals surface area contributed by atoms with Crippen LogP contribution in [0.15, 0.2) is 65.6 Å². The minimum Gasteiger partial charge on any atom is -0.497 e. The van der Waals surface area contributed by atoms with Gasteiger partial charge in [-0.3, -0.25) is 9.35 Å². The molecule has 34 heavy (non-hydrogen) atoms. The fourth-order valence-electron chi connectivity index (χ4n) is 3.38. The molecular formula is C23H26N2O7S2. The van der Waals surface area contributed by atoms with Crippen LogP contribution in [0.4, 0.5) is 0 Å². The van der Waals surface area contributed by atoms with E-state index in [0.29, 0.717) is 11.3 Å². The van der Waals surface area contributed by atoms with Crippen molar-refractivity contribution in [3.63, 3.8) is 0 Å². The standard InChI is InChI=1S/C16H18N2O4S.C7H8O3S/c1-9-8-23-15-12(17)14(19)18(15)13(9)16(20)22-7-10-3-5-11(21-2)6-4-10;1-6-2-4-7(5-3-6)11(8,9)10/h3-6,12-13,15H,1,7-8,17H2,2H3;2-5H,1H3,(H,8,9,10)/t12?,13?,15-;/m0./s1. The van der Waals surface area contributed by atoms with E-state index in [1.54, 1.807) is 31.4 Å². The smallest absolute Gasteiger partial charge is 0.333 e. The summed E-state index contributed by atoms with van der Waals surface area (Å²) in [5, 5.41) is -0.161. The van der Waals surface area contributed by atoms with Gasteiger partial charge in [-0.15, -0.1) is 11.8 Å². The molecule has 3 atom stereocenters. The fraction of sp³-hybridized carbons (Fsp3) is 0.304. The lowest BCUT2D eigenvalue weighted by molar-refractivity contribution is -0.162. The number of fused-ring (bicyclic) bond motifs is 1. The van der Waals surface area contributed by atoms with Gasteiger partial charge in [0.25, 0.3) is 10.1 Å². The third-order valence-corrected chi connectivity index (χ3v) is 7.57. The molecule has 3 N–H and O–H groups in total. The Bertz CT molecular complexity index is 1160. The molecule has 0 aliphatic carbocycles. The van der Waals surface area contributed by atoms with Crippen molar-refractivity contribution in [1.29, 1.82) is 0 Å². The van der Waals surface area contributed by atoms with Gasteiger partial charge in [-0.05, 0) is 42.3 Å². The fourth-order valence-corrected chi connectivity index (χ4v) is 5.11. The molecule has 0 aromatic heterocycles. The first kappa shape index (κ1) is 25.8. The monoisotopic (exact) mass is 506 g/mol. The Morgan fingerprint density at radius 3 is 2.38 bits per heavy atom. The molecule has 1 amide bonds. The van der Waals surface area contributed by atoms with Gasteiger partial charge in [0.05, 0.1) is 12.0 Å². The van der Waals surface area contributed by atoms with Gasteiger partial charge in [-0.2, -0.15) is 8.42 Å². The van der Waals surface area contributed by atoms with Gasteiger partial charge in [-0.1, -0.05) is 36.4 Å². The van der Waals surface area contributed by atoms with E-state index in [0.717, 1.165) is 16.9 Å². The average Bonchev–Trinajstić information content (AvgIpc) is 2.82. The van der Waals surface area contributed by atoms with Crippen molar-refractivity contribution < 1.29 is 32.0 Å². The van der Waals surface area contributed by atoms with Gasteiger partial charge < -0.3 is 20.1 Å². The molecule has 2 aliphatic heterocycles. The maximum atomic E-state index is 12.4. The lowest BCUT2D eigenvalue weighted by atomic mass is 9.99. The zero-order valence-corrected chi connectivity index (χ0v) is 20.3. The molecule has 2 saturated heterocycles. The number of benzene rings is 2. The molecule has 4 rings (SSSR count). The van der Waals surface area contributed by atoms with Crippen molar-refractivity contribution in [2.24, 2.45) is 5.73 Å². The van der Waals surface area contributed by atoms with Crippen LogP contribution in [0.5, 0.6) is 5.75 Å². The molecule has 2 aromatic carbocycles. The first-order valence-corrected chi connectivity index (χ1v) is 12.7. The topological polar surface area (TPSA) is 136 Å². The first-order chi connectivity index (χ1) is 16.0. The Hall–Kier alpha value is -2.86. The Morgan fingerprint density at radius 1 is 1.21 bits per heavy atom. The van der Waals surface area contributed by atoms with Crippen LogP contribution in [-0.2, 0) is 31.1 Å². The highest BCUT2D eigenvalue weighted by molar-refractivity contribution is 8.00. The maximum absolute atomic E-state index is 12.4. The summed E-state index contributed by atoms with van der Waals surface area (Å²) in [6.45, 7) is 5.88. The van der Waals surface area contributed by atoms with E-state index in [1.807, 2.05) is 19.1 Å². The third-order valence-electron chi connectivity index (χ3n) is 5.31. The van der Waals surface area contributed by atoms with E-state index >= 15 is 0 Å². The predicted molar refractivity (Wildman–Crippen MR) is 128 cm³/mol. The molecule has 2 fully saturated rings.